The maximum absolute atomic E-state index is 11.8. The minimum absolute atomic E-state index is 0.207. The van der Waals surface area contributed by atoms with E-state index >= 15 is 0 Å². The van der Waals surface area contributed by atoms with E-state index in [1.807, 2.05) is 11.0 Å². The van der Waals surface area contributed by atoms with Crippen LogP contribution in [0.3, 0.4) is 0 Å². The summed E-state index contributed by atoms with van der Waals surface area (Å²) in [7, 11) is 0. The van der Waals surface area contributed by atoms with Gasteiger partial charge in [-0.25, -0.2) is 0 Å². The summed E-state index contributed by atoms with van der Waals surface area (Å²) in [5.41, 5.74) is 2.47. The van der Waals surface area contributed by atoms with Gasteiger partial charge in [-0.3, -0.25) is 4.79 Å². The van der Waals surface area contributed by atoms with Crippen LogP contribution in [0, 0.1) is 6.92 Å². The Kier molecular flexibility index (Phi) is 3.57. The van der Waals surface area contributed by atoms with Crippen LogP contribution in [0.5, 0.6) is 0 Å². The van der Waals surface area contributed by atoms with E-state index < -0.39 is 0 Å². The molecule has 1 fully saturated rings. The molecule has 86 valence electrons. The zero-order valence-electron chi connectivity index (χ0n) is 9.70. The topological polar surface area (TPSA) is 32.3 Å². The van der Waals surface area contributed by atoms with E-state index in [1.54, 1.807) is 0 Å². The third-order valence-corrected chi connectivity index (χ3v) is 2.87. The van der Waals surface area contributed by atoms with Crippen LogP contribution in [0.4, 0.5) is 0 Å². The first-order valence-electron chi connectivity index (χ1n) is 5.80. The van der Waals surface area contributed by atoms with Gasteiger partial charge in [0, 0.05) is 13.1 Å². The highest BCUT2D eigenvalue weighted by Crippen LogP contribution is 2.09. The van der Waals surface area contributed by atoms with Crippen molar-refractivity contribution in [2.45, 2.75) is 19.9 Å². The van der Waals surface area contributed by atoms with E-state index in [-0.39, 0.29) is 5.91 Å². The van der Waals surface area contributed by atoms with Crippen LogP contribution in [0.1, 0.15) is 17.5 Å². The van der Waals surface area contributed by atoms with Gasteiger partial charge in [0.25, 0.3) is 0 Å². The van der Waals surface area contributed by atoms with Crippen molar-refractivity contribution in [3.63, 3.8) is 0 Å². The predicted molar refractivity (Wildman–Crippen MR) is 64.1 cm³/mol. The lowest BCUT2D eigenvalue weighted by molar-refractivity contribution is -0.130. The lowest BCUT2D eigenvalue weighted by atomic mass is 10.1. The Morgan fingerprint density at radius 1 is 1.44 bits per heavy atom. The molecule has 1 amide bonds. The molecule has 1 heterocycles. The van der Waals surface area contributed by atoms with E-state index in [0.29, 0.717) is 6.54 Å². The van der Waals surface area contributed by atoms with Crippen molar-refractivity contribution in [2.24, 2.45) is 0 Å². The van der Waals surface area contributed by atoms with Crippen LogP contribution in [0.15, 0.2) is 24.3 Å². The Balaban J connectivity index is 2.05. The third-order valence-electron chi connectivity index (χ3n) is 2.87. The Hall–Kier alpha value is -1.35. The van der Waals surface area contributed by atoms with Crippen molar-refractivity contribution >= 4 is 5.91 Å². The number of hydrogen-bond donors (Lipinski definition) is 1. The summed E-state index contributed by atoms with van der Waals surface area (Å²) < 4.78 is 0. The molecule has 0 radical (unpaired) electrons. The van der Waals surface area contributed by atoms with Crippen molar-refractivity contribution in [3.05, 3.63) is 35.4 Å². The van der Waals surface area contributed by atoms with Crippen LogP contribution >= 0.6 is 0 Å². The minimum Gasteiger partial charge on any atom is -0.337 e. The molecule has 2 rings (SSSR count). The zero-order chi connectivity index (χ0) is 11.4. The number of nitrogens with one attached hydrogen (secondary N) is 1. The first-order valence-corrected chi connectivity index (χ1v) is 5.80. The molecule has 3 heteroatoms. The second-order valence-corrected chi connectivity index (χ2v) is 4.33. The van der Waals surface area contributed by atoms with Crippen LogP contribution in [-0.2, 0) is 11.3 Å². The highest BCUT2D eigenvalue weighted by Gasteiger charge is 2.15. The fourth-order valence-corrected chi connectivity index (χ4v) is 2.02. The molecule has 0 saturated carbocycles. The molecule has 1 N–H and O–H groups in total. The van der Waals surface area contributed by atoms with E-state index in [2.05, 4.69) is 30.4 Å². The van der Waals surface area contributed by atoms with E-state index in [9.17, 15) is 4.79 Å². The first-order chi connectivity index (χ1) is 7.75. The Morgan fingerprint density at radius 3 is 3.12 bits per heavy atom. The van der Waals surface area contributed by atoms with Gasteiger partial charge in [0.1, 0.15) is 0 Å². The van der Waals surface area contributed by atoms with Gasteiger partial charge in [0.15, 0.2) is 0 Å². The number of hydrogen-bond acceptors (Lipinski definition) is 2. The molecule has 16 heavy (non-hydrogen) atoms. The smallest absolute Gasteiger partial charge is 0.236 e. The largest absolute Gasteiger partial charge is 0.337 e. The van der Waals surface area contributed by atoms with Gasteiger partial charge in [-0.05, 0) is 25.5 Å². The summed E-state index contributed by atoms with van der Waals surface area (Å²) in [6.45, 7) is 5.10. The standard InChI is InChI=1S/C13H18N2O/c1-11-4-2-5-12(8-11)10-15-7-3-6-14-9-13(15)16/h2,4-5,8,14H,3,6-7,9-10H2,1H3. The molecule has 0 aromatic heterocycles. The Labute approximate surface area is 96.5 Å². The number of carbonyl (C=O) groups excluding carboxylic acids is 1. The van der Waals surface area contributed by atoms with E-state index in [1.165, 1.54) is 11.1 Å². The molecule has 0 spiro atoms. The molecular formula is C13H18N2O. The minimum atomic E-state index is 0.207. The van der Waals surface area contributed by atoms with Gasteiger partial charge in [-0.2, -0.15) is 0 Å². The normalized spacial score (nSPS) is 17.3. The maximum Gasteiger partial charge on any atom is 0.236 e. The summed E-state index contributed by atoms with van der Waals surface area (Å²) in [6.07, 6.45) is 1.04. The second kappa shape index (κ2) is 5.12. The number of amides is 1. The van der Waals surface area contributed by atoms with Gasteiger partial charge in [0.05, 0.1) is 6.54 Å². The van der Waals surface area contributed by atoms with Crippen LogP contribution < -0.4 is 5.32 Å². The van der Waals surface area contributed by atoms with Gasteiger partial charge in [-0.1, -0.05) is 29.8 Å². The molecule has 1 aromatic carbocycles. The highest BCUT2D eigenvalue weighted by atomic mass is 16.2. The molecule has 0 unspecified atom stereocenters. The maximum atomic E-state index is 11.8. The molecule has 1 aliphatic heterocycles. The highest BCUT2D eigenvalue weighted by molar-refractivity contribution is 5.78. The van der Waals surface area contributed by atoms with E-state index in [4.69, 9.17) is 0 Å². The number of rotatable bonds is 2. The van der Waals surface area contributed by atoms with Crippen molar-refractivity contribution in [2.75, 3.05) is 19.6 Å². The lowest BCUT2D eigenvalue weighted by Gasteiger charge is -2.20. The molecular weight excluding hydrogens is 200 g/mol. The van der Waals surface area contributed by atoms with Crippen molar-refractivity contribution in [3.8, 4) is 0 Å². The molecule has 1 aliphatic rings. The summed E-state index contributed by atoms with van der Waals surface area (Å²) in [5, 5.41) is 3.13. The third kappa shape index (κ3) is 2.83. The Morgan fingerprint density at radius 2 is 2.31 bits per heavy atom. The summed E-state index contributed by atoms with van der Waals surface area (Å²) in [4.78, 5) is 13.7. The van der Waals surface area contributed by atoms with Gasteiger partial charge in [-0.15, -0.1) is 0 Å². The van der Waals surface area contributed by atoms with E-state index in [0.717, 1.165) is 26.1 Å². The quantitative estimate of drug-likeness (QED) is 0.812. The van der Waals surface area contributed by atoms with Crippen molar-refractivity contribution in [1.29, 1.82) is 0 Å². The van der Waals surface area contributed by atoms with Crippen molar-refractivity contribution in [1.82, 2.24) is 10.2 Å². The number of nitrogens with zero attached hydrogens (tertiary/aromatic N) is 1. The molecule has 0 atom stereocenters. The van der Waals surface area contributed by atoms with Gasteiger partial charge in [0.2, 0.25) is 5.91 Å². The first kappa shape index (κ1) is 11.1. The number of carbonyl (C=O) groups is 1. The molecule has 3 nitrogen and oxygen atoms in total. The second-order valence-electron chi connectivity index (χ2n) is 4.33. The summed E-state index contributed by atoms with van der Waals surface area (Å²) in [5.74, 6) is 0.207. The molecule has 1 saturated heterocycles. The number of aryl methyl sites for hydroxylation is 1. The average molecular weight is 218 g/mol. The van der Waals surface area contributed by atoms with Crippen molar-refractivity contribution < 1.29 is 4.79 Å². The monoisotopic (exact) mass is 218 g/mol. The lowest BCUT2D eigenvalue weighted by Crippen LogP contribution is -2.34. The fraction of sp³-hybridized carbons (Fsp3) is 0.462. The SMILES string of the molecule is Cc1cccc(CN2CCCNCC2=O)c1. The number of benzene rings is 1. The zero-order valence-corrected chi connectivity index (χ0v) is 9.70. The Bertz CT molecular complexity index is 376. The predicted octanol–water partition coefficient (Wildman–Crippen LogP) is 1.32. The summed E-state index contributed by atoms with van der Waals surface area (Å²) in [6, 6.07) is 8.35. The van der Waals surface area contributed by atoms with Gasteiger partial charge < -0.3 is 10.2 Å². The van der Waals surface area contributed by atoms with Gasteiger partial charge >= 0.3 is 0 Å². The average Bonchev–Trinajstić information content (AvgIpc) is 2.45. The fourth-order valence-electron chi connectivity index (χ4n) is 2.02. The molecule has 0 bridgehead atoms. The molecule has 0 aliphatic carbocycles. The van der Waals surface area contributed by atoms with Crippen LogP contribution in [-0.4, -0.2) is 30.4 Å². The van der Waals surface area contributed by atoms with Crippen LogP contribution in [0.2, 0.25) is 0 Å². The summed E-state index contributed by atoms with van der Waals surface area (Å²) >= 11 is 0. The van der Waals surface area contributed by atoms with Crippen LogP contribution in [0.25, 0.3) is 0 Å². The molecule has 1 aromatic rings.